The van der Waals surface area contributed by atoms with Crippen molar-refractivity contribution in [3.63, 3.8) is 0 Å². The summed E-state index contributed by atoms with van der Waals surface area (Å²) in [6, 6.07) is 2.98. The third kappa shape index (κ3) is 4.27. The van der Waals surface area contributed by atoms with Crippen molar-refractivity contribution in [3.05, 3.63) is 22.2 Å². The van der Waals surface area contributed by atoms with Crippen LogP contribution in [0.4, 0.5) is 5.69 Å². The molecular weight excluding hydrogens is 299 g/mol. The van der Waals surface area contributed by atoms with Crippen LogP contribution in [0.15, 0.2) is 12.1 Å². The van der Waals surface area contributed by atoms with Crippen LogP contribution in [-0.2, 0) is 4.79 Å². The van der Waals surface area contributed by atoms with Gasteiger partial charge in [0, 0.05) is 12.1 Å². The van der Waals surface area contributed by atoms with E-state index in [1.807, 2.05) is 0 Å². The zero-order chi connectivity index (χ0) is 14.5. The lowest BCUT2D eigenvalue weighted by molar-refractivity contribution is -0.116. The number of carbonyl (C=O) groups is 1. The fraction of sp³-hybridized carbons (Fsp3) is 0.500. The Morgan fingerprint density at radius 1 is 1.30 bits per heavy atom. The van der Waals surface area contributed by atoms with E-state index in [2.05, 4.69) is 10.6 Å². The number of benzene rings is 1. The van der Waals surface area contributed by atoms with E-state index >= 15 is 0 Å². The van der Waals surface area contributed by atoms with Gasteiger partial charge in [-0.15, -0.1) is 0 Å². The Morgan fingerprint density at radius 2 is 1.90 bits per heavy atom. The summed E-state index contributed by atoms with van der Waals surface area (Å²) in [4.78, 5) is 11.9. The van der Waals surface area contributed by atoms with E-state index in [-0.39, 0.29) is 21.7 Å². The number of rotatable bonds is 4. The Kier molecular flexibility index (Phi) is 5.52. The predicted molar refractivity (Wildman–Crippen MR) is 81.6 cm³/mol. The lowest BCUT2D eigenvalue weighted by atomic mass is 9.93. The molecule has 0 unspecified atom stereocenters. The highest BCUT2D eigenvalue weighted by molar-refractivity contribution is 6.37. The molecule has 0 atom stereocenters. The van der Waals surface area contributed by atoms with E-state index in [0.717, 1.165) is 32.4 Å². The summed E-state index contributed by atoms with van der Waals surface area (Å²) in [5.74, 6) is 0.399. The highest BCUT2D eigenvalue weighted by Gasteiger charge is 2.15. The van der Waals surface area contributed by atoms with Gasteiger partial charge >= 0.3 is 0 Å². The average molecular weight is 317 g/mol. The van der Waals surface area contributed by atoms with Crippen molar-refractivity contribution in [1.82, 2.24) is 5.32 Å². The highest BCUT2D eigenvalue weighted by atomic mass is 35.5. The molecule has 0 aliphatic carbocycles. The quantitative estimate of drug-likeness (QED) is 0.746. The number of anilines is 1. The summed E-state index contributed by atoms with van der Waals surface area (Å²) in [5.41, 5.74) is 0.508. The standard InChI is InChI=1S/C14H18Cl2N2O2/c15-11-7-10(8-12(16)14(11)20)18-13(19)2-1-9-3-5-17-6-4-9/h7-9,17,20H,1-6H2,(H,18,19). The molecule has 1 aliphatic heterocycles. The van der Waals surface area contributed by atoms with Gasteiger partial charge in [-0.1, -0.05) is 23.2 Å². The third-order valence-electron chi connectivity index (χ3n) is 3.54. The Bertz CT molecular complexity index is 465. The largest absolute Gasteiger partial charge is 0.505 e. The van der Waals surface area contributed by atoms with Crippen molar-refractivity contribution in [1.29, 1.82) is 0 Å². The van der Waals surface area contributed by atoms with E-state index in [0.29, 0.717) is 18.0 Å². The van der Waals surface area contributed by atoms with E-state index in [9.17, 15) is 9.90 Å². The molecule has 1 saturated heterocycles. The second kappa shape index (κ2) is 7.16. The number of carbonyl (C=O) groups excluding carboxylic acids is 1. The number of halogens is 2. The SMILES string of the molecule is O=C(CCC1CCNCC1)Nc1cc(Cl)c(O)c(Cl)c1. The van der Waals surface area contributed by atoms with Crippen molar-refractivity contribution in [2.45, 2.75) is 25.7 Å². The molecule has 20 heavy (non-hydrogen) atoms. The van der Waals surface area contributed by atoms with Gasteiger partial charge in [-0.2, -0.15) is 0 Å². The zero-order valence-corrected chi connectivity index (χ0v) is 12.6. The monoisotopic (exact) mass is 316 g/mol. The normalized spacial score (nSPS) is 16.1. The maximum atomic E-state index is 11.9. The molecule has 4 nitrogen and oxygen atoms in total. The molecule has 6 heteroatoms. The first-order valence-electron chi connectivity index (χ1n) is 6.75. The summed E-state index contributed by atoms with van der Waals surface area (Å²) in [6.07, 6.45) is 3.64. The average Bonchev–Trinajstić information content (AvgIpc) is 2.43. The Balaban J connectivity index is 1.84. The molecule has 0 spiro atoms. The lowest BCUT2D eigenvalue weighted by Gasteiger charge is -2.22. The van der Waals surface area contributed by atoms with Gasteiger partial charge in [-0.05, 0) is 50.4 Å². The first-order valence-corrected chi connectivity index (χ1v) is 7.50. The number of hydrogen-bond donors (Lipinski definition) is 3. The van der Waals surface area contributed by atoms with Crippen LogP contribution in [-0.4, -0.2) is 24.1 Å². The van der Waals surface area contributed by atoms with Crippen LogP contribution < -0.4 is 10.6 Å². The number of phenolic OH excluding ortho intramolecular Hbond substituents is 1. The molecule has 1 aliphatic rings. The van der Waals surface area contributed by atoms with Crippen LogP contribution >= 0.6 is 23.2 Å². The van der Waals surface area contributed by atoms with Gasteiger partial charge in [0.1, 0.15) is 0 Å². The molecule has 0 aromatic heterocycles. The van der Waals surface area contributed by atoms with Gasteiger partial charge in [0.15, 0.2) is 5.75 Å². The minimum Gasteiger partial charge on any atom is -0.505 e. The van der Waals surface area contributed by atoms with Crippen LogP contribution in [0.3, 0.4) is 0 Å². The second-order valence-electron chi connectivity index (χ2n) is 5.07. The molecule has 2 rings (SSSR count). The Labute approximate surface area is 128 Å². The number of aromatic hydroxyl groups is 1. The molecule has 0 saturated carbocycles. The van der Waals surface area contributed by atoms with Crippen molar-refractivity contribution < 1.29 is 9.90 Å². The Hall–Kier alpha value is -0.970. The van der Waals surface area contributed by atoms with E-state index in [4.69, 9.17) is 23.2 Å². The zero-order valence-electron chi connectivity index (χ0n) is 11.1. The van der Waals surface area contributed by atoms with Crippen molar-refractivity contribution in [3.8, 4) is 5.75 Å². The number of amides is 1. The summed E-state index contributed by atoms with van der Waals surface area (Å²) in [7, 11) is 0. The van der Waals surface area contributed by atoms with Gasteiger partial charge in [0.2, 0.25) is 5.91 Å². The lowest BCUT2D eigenvalue weighted by Crippen LogP contribution is -2.28. The van der Waals surface area contributed by atoms with Crippen LogP contribution in [0, 0.1) is 5.92 Å². The van der Waals surface area contributed by atoms with Crippen molar-refractivity contribution in [2.24, 2.45) is 5.92 Å². The van der Waals surface area contributed by atoms with E-state index < -0.39 is 0 Å². The third-order valence-corrected chi connectivity index (χ3v) is 4.12. The maximum Gasteiger partial charge on any atom is 0.224 e. The molecule has 110 valence electrons. The van der Waals surface area contributed by atoms with Crippen LogP contribution in [0.25, 0.3) is 0 Å². The van der Waals surface area contributed by atoms with Crippen LogP contribution in [0.5, 0.6) is 5.75 Å². The van der Waals surface area contributed by atoms with Crippen molar-refractivity contribution >= 4 is 34.8 Å². The maximum absolute atomic E-state index is 11.9. The summed E-state index contributed by atoms with van der Waals surface area (Å²) in [5, 5.41) is 15.8. The second-order valence-corrected chi connectivity index (χ2v) is 5.88. The number of phenols is 1. The highest BCUT2D eigenvalue weighted by Crippen LogP contribution is 2.34. The van der Waals surface area contributed by atoms with E-state index in [1.165, 1.54) is 12.1 Å². The van der Waals surface area contributed by atoms with Gasteiger partial charge in [-0.25, -0.2) is 0 Å². The molecule has 1 aromatic carbocycles. The minimum atomic E-state index is -0.166. The molecule has 1 fully saturated rings. The summed E-state index contributed by atoms with van der Waals surface area (Å²) >= 11 is 11.6. The summed E-state index contributed by atoms with van der Waals surface area (Å²) in [6.45, 7) is 2.07. The first-order chi connectivity index (χ1) is 9.56. The van der Waals surface area contributed by atoms with Gasteiger partial charge in [0.25, 0.3) is 0 Å². The Morgan fingerprint density at radius 3 is 2.50 bits per heavy atom. The molecule has 1 amide bonds. The minimum absolute atomic E-state index is 0.0543. The van der Waals surface area contributed by atoms with Gasteiger partial charge < -0.3 is 15.7 Å². The van der Waals surface area contributed by atoms with Crippen LogP contribution in [0.2, 0.25) is 10.0 Å². The number of nitrogens with one attached hydrogen (secondary N) is 2. The molecule has 1 aromatic rings. The van der Waals surface area contributed by atoms with Gasteiger partial charge in [0.05, 0.1) is 10.0 Å². The fourth-order valence-corrected chi connectivity index (χ4v) is 2.85. The molecule has 0 radical (unpaired) electrons. The van der Waals surface area contributed by atoms with Crippen LogP contribution in [0.1, 0.15) is 25.7 Å². The molecule has 1 heterocycles. The first kappa shape index (κ1) is 15.4. The molecule has 0 bridgehead atoms. The van der Waals surface area contributed by atoms with Gasteiger partial charge in [-0.3, -0.25) is 4.79 Å². The smallest absolute Gasteiger partial charge is 0.224 e. The van der Waals surface area contributed by atoms with Crippen molar-refractivity contribution in [2.75, 3.05) is 18.4 Å². The van der Waals surface area contributed by atoms with E-state index in [1.54, 1.807) is 0 Å². The number of hydrogen-bond acceptors (Lipinski definition) is 3. The topological polar surface area (TPSA) is 61.4 Å². The predicted octanol–water partition coefficient (Wildman–Crippen LogP) is 3.42. The molecule has 3 N–H and O–H groups in total. The molecular formula is C14H18Cl2N2O2. The summed E-state index contributed by atoms with van der Waals surface area (Å²) < 4.78 is 0. The fourth-order valence-electron chi connectivity index (χ4n) is 2.37. The number of piperidine rings is 1.